The van der Waals surface area contributed by atoms with Gasteiger partial charge in [0.1, 0.15) is 12.5 Å². The van der Waals surface area contributed by atoms with E-state index in [-0.39, 0.29) is 11.7 Å². The van der Waals surface area contributed by atoms with Crippen LogP contribution in [0, 0.1) is 5.82 Å². The number of nitrogens with zero attached hydrogens (tertiary/aromatic N) is 1. The number of fused-ring (bicyclic) bond motifs is 1. The van der Waals surface area contributed by atoms with Crippen molar-refractivity contribution in [2.45, 2.75) is 0 Å². The summed E-state index contributed by atoms with van der Waals surface area (Å²) in [4.78, 5) is 16.4. The minimum atomic E-state index is -0.388. The van der Waals surface area contributed by atoms with Crippen molar-refractivity contribution in [1.82, 2.24) is 0 Å². The van der Waals surface area contributed by atoms with Crippen molar-refractivity contribution in [3.05, 3.63) is 59.4 Å². The van der Waals surface area contributed by atoms with Crippen LogP contribution in [0.2, 0.25) is 0 Å². The molecule has 1 heterocycles. The fourth-order valence-electron chi connectivity index (χ4n) is 2.09. The van der Waals surface area contributed by atoms with Crippen molar-refractivity contribution in [1.29, 1.82) is 0 Å². The minimum Gasteiger partial charge on any atom is -0.366 e. The van der Waals surface area contributed by atoms with E-state index >= 15 is 0 Å². The van der Waals surface area contributed by atoms with E-state index < -0.39 is 0 Å². The summed E-state index contributed by atoms with van der Waals surface area (Å²) in [5.41, 5.74) is 2.54. The number of hydrogen-bond donors (Lipinski definition) is 2. The number of carbonyl (C=O) groups excluding carboxylic acids is 1. The second kappa shape index (κ2) is 5.13. The Morgan fingerprint density at radius 2 is 2.10 bits per heavy atom. The van der Waals surface area contributed by atoms with E-state index in [1.165, 1.54) is 12.1 Å². The molecule has 1 amide bonds. The van der Waals surface area contributed by atoms with E-state index in [1.807, 2.05) is 6.07 Å². The number of carbonyl (C=O) groups is 1. The fourth-order valence-corrected chi connectivity index (χ4v) is 2.09. The summed E-state index contributed by atoms with van der Waals surface area (Å²) >= 11 is 0. The Kier molecular flexibility index (Phi) is 3.16. The maximum Gasteiger partial charge on any atom is 0.256 e. The van der Waals surface area contributed by atoms with E-state index in [0.29, 0.717) is 17.9 Å². The smallest absolute Gasteiger partial charge is 0.256 e. The van der Waals surface area contributed by atoms with Gasteiger partial charge in [0.25, 0.3) is 5.91 Å². The van der Waals surface area contributed by atoms with Crippen molar-refractivity contribution < 1.29 is 9.18 Å². The molecule has 0 atom stereocenters. The average Bonchev–Trinajstić information content (AvgIpc) is 2.46. The summed E-state index contributed by atoms with van der Waals surface area (Å²) in [5, 5.41) is 5.77. The number of halogens is 1. The number of benzene rings is 2. The highest BCUT2D eigenvalue weighted by Crippen LogP contribution is 2.21. The topological polar surface area (TPSA) is 53.5 Å². The number of aliphatic imine (C=N–C) groups is 1. The Labute approximate surface area is 115 Å². The fraction of sp³-hybridized carbons (Fsp3) is 0.0667. The molecule has 100 valence electrons. The van der Waals surface area contributed by atoms with Gasteiger partial charge in [-0.2, -0.15) is 0 Å². The van der Waals surface area contributed by atoms with E-state index in [4.69, 9.17) is 0 Å². The highest BCUT2D eigenvalue weighted by atomic mass is 19.1. The molecule has 1 aliphatic rings. The van der Waals surface area contributed by atoms with Gasteiger partial charge in [-0.1, -0.05) is 12.1 Å². The van der Waals surface area contributed by atoms with Crippen LogP contribution in [-0.4, -0.2) is 18.8 Å². The van der Waals surface area contributed by atoms with Crippen molar-refractivity contribution in [2.24, 2.45) is 4.99 Å². The molecule has 0 fully saturated rings. The Hall–Kier alpha value is -2.69. The molecule has 0 bridgehead atoms. The minimum absolute atomic E-state index is 0.289. The van der Waals surface area contributed by atoms with Gasteiger partial charge in [-0.3, -0.25) is 9.79 Å². The summed E-state index contributed by atoms with van der Waals surface area (Å²) in [6.07, 6.45) is 1.67. The van der Waals surface area contributed by atoms with Crippen LogP contribution in [-0.2, 0) is 0 Å². The van der Waals surface area contributed by atoms with Gasteiger partial charge in [-0.25, -0.2) is 4.39 Å². The first kappa shape index (κ1) is 12.3. The van der Waals surface area contributed by atoms with Crippen LogP contribution < -0.4 is 10.6 Å². The quantitative estimate of drug-likeness (QED) is 0.880. The molecule has 0 aromatic heterocycles. The predicted octanol–water partition coefficient (Wildman–Crippen LogP) is 2.88. The van der Waals surface area contributed by atoms with Gasteiger partial charge in [-0.15, -0.1) is 0 Å². The van der Waals surface area contributed by atoms with Crippen LogP contribution >= 0.6 is 0 Å². The molecule has 5 heteroatoms. The zero-order chi connectivity index (χ0) is 13.9. The number of nitrogens with one attached hydrogen (secondary N) is 2. The zero-order valence-electron chi connectivity index (χ0n) is 10.6. The van der Waals surface area contributed by atoms with Crippen molar-refractivity contribution >= 4 is 23.5 Å². The highest BCUT2D eigenvalue weighted by molar-refractivity contribution is 6.11. The summed E-state index contributed by atoms with van der Waals surface area (Å²) in [5.74, 6) is -0.677. The lowest BCUT2D eigenvalue weighted by molar-refractivity contribution is 0.102. The molecular formula is C15H12FN3O. The van der Waals surface area contributed by atoms with Crippen LogP contribution in [0.25, 0.3) is 0 Å². The summed E-state index contributed by atoms with van der Waals surface area (Å²) in [7, 11) is 0. The number of rotatable bonds is 2. The lowest BCUT2D eigenvalue weighted by Crippen LogP contribution is -2.17. The molecule has 0 saturated carbocycles. The van der Waals surface area contributed by atoms with E-state index in [2.05, 4.69) is 15.6 Å². The van der Waals surface area contributed by atoms with Gasteiger partial charge >= 0.3 is 0 Å². The van der Waals surface area contributed by atoms with Gasteiger partial charge < -0.3 is 10.6 Å². The molecule has 0 aliphatic carbocycles. The molecule has 1 aliphatic heterocycles. The zero-order valence-corrected chi connectivity index (χ0v) is 10.6. The van der Waals surface area contributed by atoms with Crippen LogP contribution in [0.15, 0.2) is 47.5 Å². The van der Waals surface area contributed by atoms with Gasteiger partial charge in [-0.05, 0) is 30.3 Å². The normalized spacial score (nSPS) is 12.4. The Bertz CT molecular complexity index is 697. The van der Waals surface area contributed by atoms with Crippen LogP contribution in [0.4, 0.5) is 15.8 Å². The lowest BCUT2D eigenvalue weighted by atomic mass is 10.0. The van der Waals surface area contributed by atoms with E-state index in [0.717, 1.165) is 11.3 Å². The Morgan fingerprint density at radius 1 is 1.25 bits per heavy atom. The van der Waals surface area contributed by atoms with E-state index in [1.54, 1.807) is 30.5 Å². The third kappa shape index (κ3) is 2.38. The van der Waals surface area contributed by atoms with Crippen LogP contribution in [0.3, 0.4) is 0 Å². The predicted molar refractivity (Wildman–Crippen MR) is 76.9 cm³/mol. The molecule has 0 spiro atoms. The number of amides is 1. The summed E-state index contributed by atoms with van der Waals surface area (Å²) in [6, 6.07) is 11.2. The van der Waals surface area contributed by atoms with E-state index in [9.17, 15) is 9.18 Å². The Morgan fingerprint density at radius 3 is 2.95 bits per heavy atom. The summed E-state index contributed by atoms with van der Waals surface area (Å²) < 4.78 is 13.1. The van der Waals surface area contributed by atoms with Gasteiger partial charge in [0.15, 0.2) is 0 Å². The first-order valence-electron chi connectivity index (χ1n) is 6.18. The molecule has 0 radical (unpaired) electrons. The molecule has 4 nitrogen and oxygen atoms in total. The molecule has 3 rings (SSSR count). The molecule has 0 unspecified atom stereocenters. The maximum absolute atomic E-state index is 13.1. The molecule has 2 aromatic carbocycles. The van der Waals surface area contributed by atoms with Crippen molar-refractivity contribution in [2.75, 3.05) is 17.3 Å². The molecule has 20 heavy (non-hydrogen) atoms. The van der Waals surface area contributed by atoms with Gasteiger partial charge in [0.05, 0.1) is 5.56 Å². The first-order valence-corrected chi connectivity index (χ1v) is 6.18. The molecule has 0 saturated heterocycles. The molecule has 2 aromatic rings. The lowest BCUT2D eigenvalue weighted by Gasteiger charge is -2.15. The third-order valence-electron chi connectivity index (χ3n) is 3.01. The maximum atomic E-state index is 13.1. The van der Waals surface area contributed by atoms with Gasteiger partial charge in [0, 0.05) is 23.2 Å². The Balaban J connectivity index is 1.90. The molecular weight excluding hydrogens is 257 g/mol. The van der Waals surface area contributed by atoms with Gasteiger partial charge in [0.2, 0.25) is 0 Å². The van der Waals surface area contributed by atoms with Crippen molar-refractivity contribution in [3.8, 4) is 0 Å². The first-order chi connectivity index (χ1) is 9.74. The summed E-state index contributed by atoms with van der Waals surface area (Å²) in [6.45, 7) is 0.502. The highest BCUT2D eigenvalue weighted by Gasteiger charge is 2.15. The largest absolute Gasteiger partial charge is 0.366 e. The second-order valence-corrected chi connectivity index (χ2v) is 4.38. The number of hydrogen-bond acceptors (Lipinski definition) is 3. The van der Waals surface area contributed by atoms with Crippen molar-refractivity contribution in [3.63, 3.8) is 0 Å². The third-order valence-corrected chi connectivity index (χ3v) is 3.01. The SMILES string of the molecule is O=C(Nc1cccc(F)c1)c1cccc2c1C=NCN2. The molecule has 2 N–H and O–H groups in total. The number of anilines is 2. The second-order valence-electron chi connectivity index (χ2n) is 4.38. The van der Waals surface area contributed by atoms with Crippen LogP contribution in [0.1, 0.15) is 15.9 Å². The monoisotopic (exact) mass is 269 g/mol. The standard InChI is InChI=1S/C15H12FN3O/c16-10-3-1-4-11(7-10)19-15(20)12-5-2-6-14-13(12)8-17-9-18-14/h1-8,18H,9H2,(H,19,20). The van der Waals surface area contributed by atoms with Crippen LogP contribution in [0.5, 0.6) is 0 Å². The average molecular weight is 269 g/mol.